The number of nitrogens with zero attached hydrogens (tertiary/aromatic N) is 2. The van der Waals surface area contributed by atoms with Gasteiger partial charge in [0.25, 0.3) is 0 Å². The van der Waals surface area contributed by atoms with Crippen molar-refractivity contribution in [2.75, 3.05) is 6.61 Å². The predicted molar refractivity (Wildman–Crippen MR) is 128 cm³/mol. The van der Waals surface area contributed by atoms with E-state index in [1.807, 2.05) is 66.7 Å². The molecule has 0 bridgehead atoms. The van der Waals surface area contributed by atoms with E-state index in [9.17, 15) is 4.79 Å². The summed E-state index contributed by atoms with van der Waals surface area (Å²) in [6.45, 7) is 2.80. The number of ether oxygens (including phenoxy) is 1. The molecule has 5 nitrogen and oxygen atoms in total. The van der Waals surface area contributed by atoms with E-state index in [2.05, 4.69) is 17.2 Å². The highest BCUT2D eigenvalue weighted by atomic mass is 16.5. The third kappa shape index (κ3) is 5.30. The van der Waals surface area contributed by atoms with E-state index in [0.717, 1.165) is 24.0 Å². The SMILES string of the molecule is CCCCCCOC1=CC(=O)/C(=C2\N=C(c3ccccc3)N=C(c3ccccc3)N2)C=C1. The number of carbonyl (C=O) groups excluding carboxylic acids is 1. The second-order valence-electron chi connectivity index (χ2n) is 7.67. The topological polar surface area (TPSA) is 63.0 Å². The van der Waals surface area contributed by atoms with Crippen LogP contribution in [0.5, 0.6) is 0 Å². The maximum atomic E-state index is 12.9. The number of ketones is 1. The van der Waals surface area contributed by atoms with Crippen molar-refractivity contribution in [3.63, 3.8) is 0 Å². The van der Waals surface area contributed by atoms with Crippen LogP contribution in [-0.2, 0) is 9.53 Å². The Morgan fingerprint density at radius 3 is 2.25 bits per heavy atom. The third-order valence-corrected chi connectivity index (χ3v) is 5.23. The fourth-order valence-electron chi connectivity index (χ4n) is 3.49. The minimum absolute atomic E-state index is 0.135. The van der Waals surface area contributed by atoms with Crippen molar-refractivity contribution in [3.05, 3.63) is 107 Å². The maximum Gasteiger partial charge on any atom is 0.193 e. The number of rotatable bonds is 8. The van der Waals surface area contributed by atoms with Crippen LogP contribution in [0.2, 0.25) is 0 Å². The minimum atomic E-state index is -0.135. The largest absolute Gasteiger partial charge is 0.493 e. The van der Waals surface area contributed by atoms with Gasteiger partial charge in [0.15, 0.2) is 11.6 Å². The molecule has 0 aromatic heterocycles. The van der Waals surface area contributed by atoms with Crippen LogP contribution in [0.1, 0.15) is 43.7 Å². The summed E-state index contributed by atoms with van der Waals surface area (Å²) in [7, 11) is 0. The molecule has 2 aliphatic rings. The van der Waals surface area contributed by atoms with Gasteiger partial charge in [0, 0.05) is 17.2 Å². The molecule has 162 valence electrons. The molecule has 32 heavy (non-hydrogen) atoms. The number of benzene rings is 2. The Hall–Kier alpha value is -3.73. The van der Waals surface area contributed by atoms with Crippen LogP contribution in [0.4, 0.5) is 0 Å². The lowest BCUT2D eigenvalue weighted by Gasteiger charge is -2.20. The molecule has 4 rings (SSSR count). The molecule has 1 aliphatic carbocycles. The summed E-state index contributed by atoms with van der Waals surface area (Å²) in [6.07, 6.45) is 9.65. The average Bonchev–Trinajstić information content (AvgIpc) is 2.85. The van der Waals surface area contributed by atoms with Crippen molar-refractivity contribution in [3.8, 4) is 0 Å². The smallest absolute Gasteiger partial charge is 0.193 e. The zero-order valence-corrected chi connectivity index (χ0v) is 18.3. The van der Waals surface area contributed by atoms with Gasteiger partial charge in [0.05, 0.1) is 12.2 Å². The first-order chi connectivity index (χ1) is 15.7. The van der Waals surface area contributed by atoms with E-state index in [0.29, 0.717) is 35.4 Å². The van der Waals surface area contributed by atoms with Gasteiger partial charge in [-0.05, 0) is 18.6 Å². The number of hydrogen-bond acceptors (Lipinski definition) is 5. The van der Waals surface area contributed by atoms with E-state index < -0.39 is 0 Å². The third-order valence-electron chi connectivity index (χ3n) is 5.23. The summed E-state index contributed by atoms with van der Waals surface area (Å²) in [5.74, 6) is 2.16. The molecule has 0 unspecified atom stereocenters. The van der Waals surface area contributed by atoms with Crippen molar-refractivity contribution in [2.45, 2.75) is 32.6 Å². The van der Waals surface area contributed by atoms with Gasteiger partial charge in [-0.25, -0.2) is 9.98 Å². The van der Waals surface area contributed by atoms with Gasteiger partial charge in [-0.3, -0.25) is 4.79 Å². The van der Waals surface area contributed by atoms with Crippen molar-refractivity contribution in [1.29, 1.82) is 0 Å². The van der Waals surface area contributed by atoms with Gasteiger partial charge >= 0.3 is 0 Å². The first-order valence-electron chi connectivity index (χ1n) is 11.1. The monoisotopic (exact) mass is 425 g/mol. The first kappa shape index (κ1) is 21.5. The number of nitrogens with one attached hydrogen (secondary N) is 1. The van der Waals surface area contributed by atoms with Crippen molar-refractivity contribution in [1.82, 2.24) is 5.32 Å². The fraction of sp³-hybridized carbons (Fsp3) is 0.222. The molecule has 1 aliphatic heterocycles. The Morgan fingerprint density at radius 1 is 0.844 bits per heavy atom. The second kappa shape index (κ2) is 10.5. The predicted octanol–water partition coefficient (Wildman–Crippen LogP) is 5.31. The van der Waals surface area contributed by atoms with Crippen molar-refractivity contribution >= 4 is 17.5 Å². The second-order valence-corrected chi connectivity index (χ2v) is 7.67. The van der Waals surface area contributed by atoms with Crippen LogP contribution in [0, 0.1) is 0 Å². The molecule has 0 atom stereocenters. The quantitative estimate of drug-likeness (QED) is 0.460. The van der Waals surface area contributed by atoms with E-state index in [4.69, 9.17) is 9.73 Å². The maximum absolute atomic E-state index is 12.9. The molecule has 0 fully saturated rings. The Balaban J connectivity index is 1.60. The number of carbonyl (C=O) groups is 1. The molecule has 2 aromatic rings. The summed E-state index contributed by atoms with van der Waals surface area (Å²) < 4.78 is 5.77. The van der Waals surface area contributed by atoms with Gasteiger partial charge in [0.1, 0.15) is 17.4 Å². The number of unbranched alkanes of at least 4 members (excludes halogenated alkanes) is 3. The molecule has 0 saturated heterocycles. The summed E-state index contributed by atoms with van der Waals surface area (Å²) in [5, 5.41) is 3.25. The number of amidine groups is 2. The highest BCUT2D eigenvalue weighted by Crippen LogP contribution is 2.21. The fourth-order valence-corrected chi connectivity index (χ4v) is 3.49. The van der Waals surface area contributed by atoms with Crippen LogP contribution in [0.15, 0.2) is 106 Å². The van der Waals surface area contributed by atoms with Crippen LogP contribution < -0.4 is 5.32 Å². The lowest BCUT2D eigenvalue weighted by Crippen LogP contribution is -2.31. The molecule has 0 amide bonds. The zero-order valence-electron chi connectivity index (χ0n) is 18.3. The molecule has 1 heterocycles. The Bertz CT molecular complexity index is 1110. The van der Waals surface area contributed by atoms with Crippen molar-refractivity contribution in [2.24, 2.45) is 9.98 Å². The van der Waals surface area contributed by atoms with Crippen LogP contribution in [-0.4, -0.2) is 24.1 Å². The normalized spacial score (nSPS) is 17.9. The highest BCUT2D eigenvalue weighted by Gasteiger charge is 2.22. The Labute approximate surface area is 188 Å². The summed E-state index contributed by atoms with van der Waals surface area (Å²) >= 11 is 0. The highest BCUT2D eigenvalue weighted by molar-refractivity contribution is 6.16. The molecule has 0 spiro atoms. The Morgan fingerprint density at radius 2 is 1.56 bits per heavy atom. The number of allylic oxidation sites excluding steroid dienone is 4. The van der Waals surface area contributed by atoms with Crippen LogP contribution in [0.25, 0.3) is 0 Å². The van der Waals surface area contributed by atoms with Crippen LogP contribution >= 0.6 is 0 Å². The summed E-state index contributed by atoms with van der Waals surface area (Å²) in [6, 6.07) is 19.6. The molecule has 0 saturated carbocycles. The van der Waals surface area contributed by atoms with Gasteiger partial charge in [-0.2, -0.15) is 0 Å². The summed E-state index contributed by atoms with van der Waals surface area (Å²) in [5.41, 5.74) is 2.30. The molecular formula is C27H27N3O2. The molecule has 1 N–H and O–H groups in total. The van der Waals surface area contributed by atoms with E-state index in [1.165, 1.54) is 18.9 Å². The lowest BCUT2D eigenvalue weighted by atomic mass is 10.0. The minimum Gasteiger partial charge on any atom is -0.493 e. The molecular weight excluding hydrogens is 398 g/mol. The van der Waals surface area contributed by atoms with Crippen LogP contribution in [0.3, 0.4) is 0 Å². The molecule has 0 radical (unpaired) electrons. The Kier molecular flexibility index (Phi) is 7.08. The van der Waals surface area contributed by atoms with E-state index in [1.54, 1.807) is 6.08 Å². The van der Waals surface area contributed by atoms with E-state index >= 15 is 0 Å². The van der Waals surface area contributed by atoms with Gasteiger partial charge in [-0.15, -0.1) is 0 Å². The number of aliphatic imine (C=N–C) groups is 2. The van der Waals surface area contributed by atoms with Gasteiger partial charge < -0.3 is 10.1 Å². The summed E-state index contributed by atoms with van der Waals surface area (Å²) in [4.78, 5) is 22.3. The molecule has 2 aromatic carbocycles. The van der Waals surface area contributed by atoms with Gasteiger partial charge in [-0.1, -0.05) is 86.8 Å². The zero-order chi connectivity index (χ0) is 22.2. The van der Waals surface area contributed by atoms with E-state index in [-0.39, 0.29) is 5.78 Å². The standard InChI is InChI=1S/C27H27N3O2/c1-2-3-4-11-18-32-22-16-17-23(24(31)19-22)27-29-25(20-12-7-5-8-13-20)28-26(30-27)21-14-9-6-10-15-21/h5-10,12-17,19H,2-4,11,18H2,1H3,(H,28,29,30). The van der Waals surface area contributed by atoms with Crippen molar-refractivity contribution < 1.29 is 9.53 Å². The first-order valence-corrected chi connectivity index (χ1v) is 11.1. The number of hydrogen-bond donors (Lipinski definition) is 1. The lowest BCUT2D eigenvalue weighted by molar-refractivity contribution is -0.111. The average molecular weight is 426 g/mol. The molecule has 5 heteroatoms. The van der Waals surface area contributed by atoms with Gasteiger partial charge in [0.2, 0.25) is 0 Å².